The van der Waals surface area contributed by atoms with E-state index in [9.17, 15) is 9.90 Å². The van der Waals surface area contributed by atoms with Gasteiger partial charge in [0.15, 0.2) is 5.75 Å². The summed E-state index contributed by atoms with van der Waals surface area (Å²) >= 11 is 11.8. The molecule has 5 nitrogen and oxygen atoms in total. The van der Waals surface area contributed by atoms with Crippen LogP contribution in [0.5, 0.6) is 5.75 Å². The molecule has 3 N–H and O–H groups in total. The molecule has 172 valence electrons. The Morgan fingerprint density at radius 3 is 2.82 bits per heavy atom. The number of allylic oxidation sites excluding steroid dienone is 2. The van der Waals surface area contributed by atoms with Gasteiger partial charge in [0, 0.05) is 42.8 Å². The van der Waals surface area contributed by atoms with E-state index in [0.717, 1.165) is 31.6 Å². The number of hydrogen-bond acceptors (Lipinski definition) is 3. The summed E-state index contributed by atoms with van der Waals surface area (Å²) < 4.78 is 0. The average Bonchev–Trinajstić information content (AvgIpc) is 3.25. The predicted octanol–water partition coefficient (Wildman–Crippen LogP) is 5.75. The van der Waals surface area contributed by atoms with Gasteiger partial charge >= 0.3 is 0 Å². The van der Waals surface area contributed by atoms with Gasteiger partial charge in [-0.2, -0.15) is 0 Å². The first-order valence-electron chi connectivity index (χ1n) is 11.1. The first-order chi connectivity index (χ1) is 16.0. The molecule has 0 radical (unpaired) electrons. The van der Waals surface area contributed by atoms with Crippen molar-refractivity contribution in [2.45, 2.75) is 18.8 Å². The highest BCUT2D eigenvalue weighted by molar-refractivity contribution is 6.37. The zero-order valence-corrected chi connectivity index (χ0v) is 19.7. The largest absolute Gasteiger partial charge is 0.505 e. The summed E-state index contributed by atoms with van der Waals surface area (Å²) in [4.78, 5) is 17.9. The molecular formula is C26H27Cl2N3O2. The number of nitrogens with zero attached hydrogens (tertiary/aromatic N) is 1. The number of piperidine rings is 1. The van der Waals surface area contributed by atoms with Crippen LogP contribution in [0, 0.1) is 0 Å². The Labute approximate surface area is 203 Å². The Balaban J connectivity index is 1.23. The second kappa shape index (κ2) is 10.9. The number of rotatable bonds is 7. The van der Waals surface area contributed by atoms with E-state index in [-0.39, 0.29) is 21.7 Å². The molecule has 1 unspecified atom stereocenters. The number of H-pyrrole nitrogens is 1. The number of nitrogens with one attached hydrogen (secondary N) is 2. The van der Waals surface area contributed by atoms with Gasteiger partial charge in [-0.3, -0.25) is 4.79 Å². The van der Waals surface area contributed by atoms with Gasteiger partial charge in [0.05, 0.1) is 10.0 Å². The third-order valence-corrected chi connectivity index (χ3v) is 6.56. The Kier molecular flexibility index (Phi) is 7.76. The number of phenolic OH excluding ortho intramolecular Hbond substituents is 1. The number of amides is 1. The van der Waals surface area contributed by atoms with E-state index in [1.54, 1.807) is 30.4 Å². The lowest BCUT2D eigenvalue weighted by Gasteiger charge is -2.32. The number of aromatic hydroxyl groups is 1. The van der Waals surface area contributed by atoms with Crippen molar-refractivity contribution in [1.82, 2.24) is 15.2 Å². The molecule has 1 aliphatic rings. The standard InChI is InChI=1S/C26H27Cl2N3O2/c27-22-14-18(15-23(28)26(22)33)6-1-4-10-25(32)29-11-13-31-12-5-7-19(17-31)21-16-30-24-9-3-2-8-20(21)24/h1-4,6,8-10,14-16,19,30,33H,5,7,11-13,17H2,(H,29,32)/b6-1+,10-4+. The maximum Gasteiger partial charge on any atom is 0.244 e. The number of hydrogen-bond donors (Lipinski definition) is 3. The van der Waals surface area contributed by atoms with Crippen LogP contribution in [0.1, 0.15) is 29.9 Å². The molecule has 3 aromatic rings. The maximum absolute atomic E-state index is 12.1. The van der Waals surface area contributed by atoms with Crippen molar-refractivity contribution in [2.24, 2.45) is 0 Å². The number of aromatic nitrogens is 1. The smallest absolute Gasteiger partial charge is 0.244 e. The zero-order valence-electron chi connectivity index (χ0n) is 18.2. The molecule has 2 aromatic carbocycles. The van der Waals surface area contributed by atoms with E-state index < -0.39 is 0 Å². The van der Waals surface area contributed by atoms with Crippen molar-refractivity contribution in [1.29, 1.82) is 0 Å². The second-order valence-electron chi connectivity index (χ2n) is 8.27. The lowest BCUT2D eigenvalue weighted by molar-refractivity contribution is -0.116. The van der Waals surface area contributed by atoms with Crippen LogP contribution < -0.4 is 5.32 Å². The summed E-state index contributed by atoms with van der Waals surface area (Å²) in [5.74, 6) is 0.246. The van der Waals surface area contributed by atoms with E-state index in [2.05, 4.69) is 45.7 Å². The van der Waals surface area contributed by atoms with Crippen LogP contribution in [0.25, 0.3) is 17.0 Å². The van der Waals surface area contributed by atoms with Gasteiger partial charge in [-0.25, -0.2) is 0 Å². The van der Waals surface area contributed by atoms with E-state index >= 15 is 0 Å². The molecule has 1 fully saturated rings. The minimum Gasteiger partial charge on any atom is -0.505 e. The fourth-order valence-electron chi connectivity index (χ4n) is 4.33. The van der Waals surface area contributed by atoms with Gasteiger partial charge in [0.2, 0.25) is 5.91 Å². The molecular weight excluding hydrogens is 457 g/mol. The number of aromatic amines is 1. The molecule has 0 aliphatic carbocycles. The van der Waals surface area contributed by atoms with Crippen LogP contribution in [-0.2, 0) is 4.79 Å². The number of halogens is 2. The lowest BCUT2D eigenvalue weighted by atomic mass is 9.90. The third kappa shape index (κ3) is 5.99. The SMILES string of the molecule is O=C(/C=C/C=C/c1cc(Cl)c(O)c(Cl)c1)NCCN1CCCC(c2c[nH]c3ccccc23)C1. The molecule has 0 bridgehead atoms. The van der Waals surface area contributed by atoms with Crippen LogP contribution in [0.2, 0.25) is 10.0 Å². The Morgan fingerprint density at radius 1 is 1.21 bits per heavy atom. The van der Waals surface area contributed by atoms with Crippen molar-refractivity contribution in [3.63, 3.8) is 0 Å². The summed E-state index contributed by atoms with van der Waals surface area (Å²) in [6.45, 7) is 3.51. The number of benzene rings is 2. The van der Waals surface area contributed by atoms with Crippen molar-refractivity contribution < 1.29 is 9.90 Å². The van der Waals surface area contributed by atoms with Crippen molar-refractivity contribution >= 4 is 46.1 Å². The molecule has 1 atom stereocenters. The topological polar surface area (TPSA) is 68.4 Å². The Bertz CT molecular complexity index is 1160. The van der Waals surface area contributed by atoms with Gasteiger partial charge in [-0.1, -0.05) is 59.6 Å². The van der Waals surface area contributed by atoms with Gasteiger partial charge < -0.3 is 20.3 Å². The average molecular weight is 484 g/mol. The van der Waals surface area contributed by atoms with E-state index in [4.69, 9.17) is 23.2 Å². The van der Waals surface area contributed by atoms with Crippen molar-refractivity contribution in [3.05, 3.63) is 82.0 Å². The fourth-order valence-corrected chi connectivity index (χ4v) is 4.84. The molecule has 33 heavy (non-hydrogen) atoms. The third-order valence-electron chi connectivity index (χ3n) is 5.98. The molecule has 7 heteroatoms. The molecule has 1 amide bonds. The van der Waals surface area contributed by atoms with E-state index in [0.29, 0.717) is 12.5 Å². The number of fused-ring (bicyclic) bond motifs is 1. The Hall–Kier alpha value is -2.73. The normalized spacial score (nSPS) is 17.3. The molecule has 2 heterocycles. The molecule has 1 saturated heterocycles. The lowest BCUT2D eigenvalue weighted by Crippen LogP contribution is -2.39. The highest BCUT2D eigenvalue weighted by Gasteiger charge is 2.23. The van der Waals surface area contributed by atoms with Crippen molar-refractivity contribution in [2.75, 3.05) is 26.2 Å². The predicted molar refractivity (Wildman–Crippen MR) is 136 cm³/mol. The van der Waals surface area contributed by atoms with Crippen LogP contribution in [-0.4, -0.2) is 47.1 Å². The highest BCUT2D eigenvalue weighted by atomic mass is 35.5. The highest BCUT2D eigenvalue weighted by Crippen LogP contribution is 2.33. The summed E-state index contributed by atoms with van der Waals surface area (Å²) in [6.07, 6.45) is 11.2. The minimum atomic E-state index is -0.133. The first-order valence-corrected chi connectivity index (χ1v) is 11.9. The molecule has 1 aromatic heterocycles. The fraction of sp³-hybridized carbons (Fsp3) is 0.269. The van der Waals surface area contributed by atoms with E-state index in [1.807, 2.05) is 0 Å². The van der Waals surface area contributed by atoms with Gasteiger partial charge in [-0.05, 0) is 54.6 Å². The summed E-state index contributed by atoms with van der Waals surface area (Å²) in [7, 11) is 0. The van der Waals surface area contributed by atoms with Gasteiger partial charge in [0.25, 0.3) is 0 Å². The molecule has 1 aliphatic heterocycles. The number of carbonyl (C=O) groups is 1. The molecule has 0 saturated carbocycles. The summed E-state index contributed by atoms with van der Waals surface area (Å²) in [6, 6.07) is 11.7. The van der Waals surface area contributed by atoms with Gasteiger partial charge in [-0.15, -0.1) is 0 Å². The Morgan fingerprint density at radius 2 is 2.00 bits per heavy atom. The number of likely N-dealkylation sites (tertiary alicyclic amines) is 1. The zero-order chi connectivity index (χ0) is 23.2. The molecule has 4 rings (SSSR count). The van der Waals surface area contributed by atoms with Crippen LogP contribution in [0.3, 0.4) is 0 Å². The first kappa shape index (κ1) is 23.4. The molecule has 0 spiro atoms. The minimum absolute atomic E-state index is 0.133. The second-order valence-corrected chi connectivity index (χ2v) is 9.09. The van der Waals surface area contributed by atoms with Crippen LogP contribution in [0.15, 0.2) is 60.8 Å². The summed E-state index contributed by atoms with van der Waals surface area (Å²) in [5, 5.41) is 14.2. The van der Waals surface area contributed by atoms with E-state index in [1.165, 1.54) is 29.0 Å². The van der Waals surface area contributed by atoms with Gasteiger partial charge in [0.1, 0.15) is 0 Å². The number of carbonyl (C=O) groups excluding carboxylic acids is 1. The number of para-hydroxylation sites is 1. The van der Waals surface area contributed by atoms with Crippen LogP contribution in [0.4, 0.5) is 0 Å². The number of phenols is 1. The van der Waals surface area contributed by atoms with Crippen LogP contribution >= 0.6 is 23.2 Å². The summed E-state index contributed by atoms with van der Waals surface area (Å²) in [5.41, 5.74) is 3.32. The van der Waals surface area contributed by atoms with Crippen molar-refractivity contribution in [3.8, 4) is 5.75 Å². The monoisotopic (exact) mass is 483 g/mol. The quantitative estimate of drug-likeness (QED) is 0.296. The maximum atomic E-state index is 12.1.